The lowest BCUT2D eigenvalue weighted by atomic mass is 9.70. The molecule has 0 spiro atoms. The Morgan fingerprint density at radius 1 is 0.625 bits per heavy atom. The van der Waals surface area contributed by atoms with Gasteiger partial charge in [-0.05, 0) is 74.3 Å². The predicted octanol–water partition coefficient (Wildman–Crippen LogP) is 6.84. The van der Waals surface area contributed by atoms with Gasteiger partial charge in [0.1, 0.15) is 24.8 Å². The third-order valence-electron chi connectivity index (χ3n) is 9.29. The molecule has 3 fully saturated rings. The minimum Gasteiger partial charge on any atom is -0.481 e. The number of hydrogen-bond donors (Lipinski definition) is 2. The van der Waals surface area contributed by atoms with Crippen LogP contribution < -0.4 is 5.73 Å². The lowest BCUT2D eigenvalue weighted by molar-refractivity contribution is -0.152. The van der Waals surface area contributed by atoms with Gasteiger partial charge < -0.3 is 20.3 Å². The van der Waals surface area contributed by atoms with Crippen molar-refractivity contribution in [3.63, 3.8) is 0 Å². The molecule has 3 aliphatic carbocycles. The van der Waals surface area contributed by atoms with E-state index in [4.69, 9.17) is 20.3 Å². The molecule has 48 heavy (non-hydrogen) atoms. The van der Waals surface area contributed by atoms with E-state index in [2.05, 4.69) is 0 Å². The topological polar surface area (TPSA) is 150 Å². The highest BCUT2D eigenvalue weighted by molar-refractivity contribution is 5.82. The van der Waals surface area contributed by atoms with Crippen molar-refractivity contribution in [2.45, 2.75) is 110 Å². The molecule has 0 radical (unpaired) electrons. The molecule has 0 aromatic heterocycles. The molecule has 0 amide bonds. The summed E-state index contributed by atoms with van der Waals surface area (Å²) in [4.78, 5) is 56.6. The summed E-state index contributed by atoms with van der Waals surface area (Å²) in [6, 6.07) is 19.5. The number of ketones is 2. The first kappa shape index (κ1) is 38.6. The van der Waals surface area contributed by atoms with Crippen LogP contribution in [0.4, 0.5) is 0 Å². The number of Topliss-reactive ketones (excluding diaryl/α,β-unsaturated/α-hetero) is 2. The van der Waals surface area contributed by atoms with Gasteiger partial charge in [0.05, 0.1) is 5.92 Å². The third kappa shape index (κ3) is 13.7. The zero-order chi connectivity index (χ0) is 34.9. The van der Waals surface area contributed by atoms with Crippen molar-refractivity contribution in [3.8, 4) is 0 Å². The standard InChI is InChI=1S/C17H22O3.C14H16O4.C8H15NO/c1-2-6-16(18)15-9-14(10-15)11-17(19)20-12-13-7-4-3-5-8-13;15-13(8-11-6-12(7-11)14(16)17)18-9-10-4-2-1-3-5-10;1-2-3-8(10)6-4-7(9)5-6/h3-5,7-8,14-15H,2,6,9-12H2,1H3;1-5,11-12H,6-9H2,(H,16,17);6-7H,2-5,9H2,1H3. The van der Waals surface area contributed by atoms with E-state index >= 15 is 0 Å². The highest BCUT2D eigenvalue weighted by Gasteiger charge is 2.36. The number of aliphatic carboxylic acids is 1. The second-order valence-electron chi connectivity index (χ2n) is 13.5. The maximum absolute atomic E-state index is 11.7. The maximum atomic E-state index is 11.7. The quantitative estimate of drug-likeness (QED) is 0.195. The normalized spacial score (nSPS) is 23.6. The zero-order valence-corrected chi connectivity index (χ0v) is 28.5. The van der Waals surface area contributed by atoms with Crippen molar-refractivity contribution >= 4 is 29.5 Å². The lowest BCUT2D eigenvalue weighted by Crippen LogP contribution is -2.40. The fourth-order valence-corrected chi connectivity index (χ4v) is 6.16. The Kier molecular flexibility index (Phi) is 16.5. The molecule has 0 saturated heterocycles. The van der Waals surface area contributed by atoms with Gasteiger partial charge in [-0.2, -0.15) is 0 Å². The first-order chi connectivity index (χ1) is 23.1. The summed E-state index contributed by atoms with van der Waals surface area (Å²) in [5.41, 5.74) is 7.52. The Morgan fingerprint density at radius 2 is 1.00 bits per heavy atom. The molecule has 5 rings (SSSR count). The minimum atomic E-state index is -0.760. The van der Waals surface area contributed by atoms with Crippen molar-refractivity contribution in [3.05, 3.63) is 71.8 Å². The summed E-state index contributed by atoms with van der Waals surface area (Å²) < 4.78 is 10.4. The van der Waals surface area contributed by atoms with Crippen molar-refractivity contribution < 1.29 is 38.6 Å². The van der Waals surface area contributed by atoms with Crippen molar-refractivity contribution in [1.82, 2.24) is 0 Å². The van der Waals surface area contributed by atoms with Gasteiger partial charge in [-0.15, -0.1) is 0 Å². The predicted molar refractivity (Wildman–Crippen MR) is 182 cm³/mol. The van der Waals surface area contributed by atoms with Crippen LogP contribution in [0.3, 0.4) is 0 Å². The summed E-state index contributed by atoms with van der Waals surface area (Å²) in [7, 11) is 0. The number of carboxylic acids is 1. The average Bonchev–Trinajstić information content (AvgIpc) is 3.02. The minimum absolute atomic E-state index is 0.153. The number of carbonyl (C=O) groups excluding carboxylic acids is 4. The molecule has 0 atom stereocenters. The lowest BCUT2D eigenvalue weighted by Gasteiger charge is -2.33. The van der Waals surface area contributed by atoms with Crippen LogP contribution in [0.25, 0.3) is 0 Å². The van der Waals surface area contributed by atoms with Crippen molar-refractivity contribution in [2.75, 3.05) is 0 Å². The largest absolute Gasteiger partial charge is 0.481 e. The van der Waals surface area contributed by atoms with Gasteiger partial charge >= 0.3 is 17.9 Å². The van der Waals surface area contributed by atoms with E-state index in [0.29, 0.717) is 68.2 Å². The second-order valence-corrected chi connectivity index (χ2v) is 13.5. The Hall–Kier alpha value is -3.85. The molecule has 3 saturated carbocycles. The second kappa shape index (κ2) is 20.5. The van der Waals surface area contributed by atoms with Crippen LogP contribution in [-0.2, 0) is 46.7 Å². The molecule has 0 heterocycles. The summed E-state index contributed by atoms with van der Waals surface area (Å²) >= 11 is 0. The van der Waals surface area contributed by atoms with Crippen LogP contribution in [0.2, 0.25) is 0 Å². The zero-order valence-electron chi connectivity index (χ0n) is 28.5. The van der Waals surface area contributed by atoms with Gasteiger partial charge in [-0.1, -0.05) is 74.5 Å². The number of esters is 2. The van der Waals surface area contributed by atoms with E-state index < -0.39 is 5.97 Å². The van der Waals surface area contributed by atoms with Crippen LogP contribution in [0.15, 0.2) is 60.7 Å². The number of rotatable bonds is 15. The molecule has 2 aromatic carbocycles. The Morgan fingerprint density at radius 3 is 1.35 bits per heavy atom. The third-order valence-corrected chi connectivity index (χ3v) is 9.29. The maximum Gasteiger partial charge on any atom is 0.306 e. The molecule has 2 aromatic rings. The van der Waals surface area contributed by atoms with Gasteiger partial charge in [0.25, 0.3) is 0 Å². The smallest absolute Gasteiger partial charge is 0.306 e. The molecule has 0 bridgehead atoms. The van der Waals surface area contributed by atoms with Gasteiger partial charge in [-0.3, -0.25) is 24.0 Å². The van der Waals surface area contributed by atoms with E-state index in [1.807, 2.05) is 74.5 Å². The number of nitrogens with two attached hydrogens (primary N) is 1. The first-order valence-corrected chi connectivity index (χ1v) is 17.5. The monoisotopic (exact) mass is 663 g/mol. The van der Waals surface area contributed by atoms with E-state index in [9.17, 15) is 24.0 Å². The molecular formula is C39H53NO8. The number of carbonyl (C=O) groups is 5. The van der Waals surface area contributed by atoms with Crippen LogP contribution >= 0.6 is 0 Å². The van der Waals surface area contributed by atoms with Crippen LogP contribution in [0.5, 0.6) is 0 Å². The molecule has 262 valence electrons. The molecule has 0 unspecified atom stereocenters. The van der Waals surface area contributed by atoms with E-state index in [-0.39, 0.29) is 36.3 Å². The van der Waals surface area contributed by atoms with Crippen molar-refractivity contribution in [1.29, 1.82) is 0 Å². The fraction of sp³-hybridized carbons (Fsp3) is 0.564. The highest BCUT2D eigenvalue weighted by atomic mass is 16.5. The molecule has 9 nitrogen and oxygen atoms in total. The summed E-state index contributed by atoms with van der Waals surface area (Å²) in [5, 5.41) is 8.72. The summed E-state index contributed by atoms with van der Waals surface area (Å²) in [6.45, 7) is 4.69. The Labute approximate surface area is 285 Å². The summed E-state index contributed by atoms with van der Waals surface area (Å²) in [5.74, 6) is 0.384. The van der Waals surface area contributed by atoms with Gasteiger partial charge in [-0.25, -0.2) is 0 Å². The van der Waals surface area contributed by atoms with Gasteiger partial charge in [0, 0.05) is 43.6 Å². The van der Waals surface area contributed by atoms with Gasteiger partial charge in [0.2, 0.25) is 0 Å². The summed E-state index contributed by atoms with van der Waals surface area (Å²) in [6.07, 6.45) is 8.86. The van der Waals surface area contributed by atoms with Crippen LogP contribution in [0.1, 0.15) is 102 Å². The number of benzene rings is 2. The highest BCUT2D eigenvalue weighted by Crippen LogP contribution is 2.38. The molecule has 0 aliphatic heterocycles. The molecule has 9 heteroatoms. The molecule has 3 aliphatic rings. The Bertz CT molecular complexity index is 1300. The van der Waals surface area contributed by atoms with Crippen LogP contribution in [-0.4, -0.2) is 40.6 Å². The van der Waals surface area contributed by atoms with Gasteiger partial charge in [0.15, 0.2) is 0 Å². The molecular weight excluding hydrogens is 610 g/mol. The SMILES string of the molecule is CCCC(=O)C1CC(CC(=O)OCc2ccccc2)C1.CCCC(=O)C1CC(N)C1.O=C(CC1CC(C(=O)O)C1)OCc1ccccc1. The van der Waals surface area contributed by atoms with Crippen LogP contribution in [0, 0.1) is 29.6 Å². The average molecular weight is 664 g/mol. The number of ether oxygens (including phenoxy) is 2. The number of carboxylic acid groups (broad SMARTS) is 1. The Balaban J connectivity index is 0.000000206. The first-order valence-electron chi connectivity index (χ1n) is 17.5. The number of hydrogen-bond acceptors (Lipinski definition) is 8. The molecule has 3 N–H and O–H groups in total. The van der Waals surface area contributed by atoms with E-state index in [1.54, 1.807) is 0 Å². The van der Waals surface area contributed by atoms with E-state index in [1.165, 1.54) is 0 Å². The fourth-order valence-electron chi connectivity index (χ4n) is 6.16. The van der Waals surface area contributed by atoms with Crippen molar-refractivity contribution in [2.24, 2.45) is 35.3 Å². The van der Waals surface area contributed by atoms with E-state index in [0.717, 1.165) is 56.1 Å².